The molecule has 6 nitrogen and oxygen atoms in total. The largest absolute Gasteiger partial charge is 0.496 e. The van der Waals surface area contributed by atoms with Crippen LogP contribution in [0.15, 0.2) is 41.5 Å². The van der Waals surface area contributed by atoms with Crippen molar-refractivity contribution in [3.8, 4) is 5.75 Å². The smallest absolute Gasteiger partial charge is 0.274 e. The van der Waals surface area contributed by atoms with Gasteiger partial charge in [-0.25, -0.2) is 4.98 Å². The Balaban J connectivity index is 1.69. The van der Waals surface area contributed by atoms with Crippen molar-refractivity contribution in [1.29, 1.82) is 0 Å². The topological polar surface area (TPSA) is 89.6 Å². The second-order valence-electron chi connectivity index (χ2n) is 7.01. The van der Waals surface area contributed by atoms with E-state index in [0.717, 1.165) is 36.3 Å². The first kappa shape index (κ1) is 19.1. The number of thioether (sulfide) groups is 1. The van der Waals surface area contributed by atoms with E-state index in [4.69, 9.17) is 27.1 Å². The molecule has 4 rings (SSSR count). The second kappa shape index (κ2) is 7.64. The third-order valence-electron chi connectivity index (χ3n) is 5.41. The number of methoxy groups -OCH3 is 1. The van der Waals surface area contributed by atoms with E-state index in [9.17, 15) is 4.79 Å². The summed E-state index contributed by atoms with van der Waals surface area (Å²) in [6.45, 7) is 0. The van der Waals surface area contributed by atoms with Gasteiger partial charge in [-0.3, -0.25) is 9.79 Å². The molecule has 0 bridgehead atoms. The first-order valence-corrected chi connectivity index (χ1v) is 10.5. The molecule has 28 heavy (non-hydrogen) atoms. The SMILES string of the molecule is COc1ccc(NC(=O)c2ccc(Cl)cn2)cc1C12CCCC1CSC(N)=N2. The van der Waals surface area contributed by atoms with E-state index in [2.05, 4.69) is 10.3 Å². The summed E-state index contributed by atoms with van der Waals surface area (Å²) in [5.41, 5.74) is 7.65. The fraction of sp³-hybridized carbons (Fsp3) is 0.350. The van der Waals surface area contributed by atoms with Crippen molar-refractivity contribution >= 4 is 40.1 Å². The van der Waals surface area contributed by atoms with Gasteiger partial charge in [0, 0.05) is 23.2 Å². The Hall–Kier alpha value is -2.25. The summed E-state index contributed by atoms with van der Waals surface area (Å²) in [6.07, 6.45) is 4.58. The summed E-state index contributed by atoms with van der Waals surface area (Å²) >= 11 is 7.46. The van der Waals surface area contributed by atoms with Crippen molar-refractivity contribution in [1.82, 2.24) is 4.98 Å². The molecule has 2 heterocycles. The maximum Gasteiger partial charge on any atom is 0.274 e. The Kier molecular flexibility index (Phi) is 5.21. The van der Waals surface area contributed by atoms with Gasteiger partial charge in [0.1, 0.15) is 11.4 Å². The molecule has 1 saturated carbocycles. The molecular formula is C20H21ClN4O2S. The molecule has 2 atom stereocenters. The highest BCUT2D eigenvalue weighted by atomic mass is 35.5. The van der Waals surface area contributed by atoms with Crippen molar-refractivity contribution < 1.29 is 9.53 Å². The molecule has 2 unspecified atom stereocenters. The maximum atomic E-state index is 12.5. The number of aromatic nitrogens is 1. The van der Waals surface area contributed by atoms with Gasteiger partial charge in [-0.1, -0.05) is 29.8 Å². The Bertz CT molecular complexity index is 934. The zero-order valence-corrected chi connectivity index (χ0v) is 17.0. The minimum absolute atomic E-state index is 0.296. The van der Waals surface area contributed by atoms with Crippen molar-refractivity contribution in [2.45, 2.75) is 24.8 Å². The van der Waals surface area contributed by atoms with Crippen LogP contribution < -0.4 is 15.8 Å². The minimum Gasteiger partial charge on any atom is -0.496 e. The van der Waals surface area contributed by atoms with E-state index in [1.807, 2.05) is 18.2 Å². The van der Waals surface area contributed by atoms with Crippen molar-refractivity contribution in [3.05, 3.63) is 52.8 Å². The summed E-state index contributed by atoms with van der Waals surface area (Å²) in [5, 5.41) is 4.01. The number of hydrogen-bond acceptors (Lipinski definition) is 6. The predicted molar refractivity (Wildman–Crippen MR) is 113 cm³/mol. The van der Waals surface area contributed by atoms with E-state index in [1.165, 1.54) is 6.20 Å². The van der Waals surface area contributed by atoms with Crippen LogP contribution in [0, 0.1) is 5.92 Å². The lowest BCUT2D eigenvalue weighted by Gasteiger charge is -2.36. The quantitative estimate of drug-likeness (QED) is 0.784. The van der Waals surface area contributed by atoms with Crippen LogP contribution >= 0.6 is 23.4 Å². The second-order valence-corrected chi connectivity index (χ2v) is 8.48. The van der Waals surface area contributed by atoms with Crippen LogP contribution in [0.5, 0.6) is 5.75 Å². The van der Waals surface area contributed by atoms with Gasteiger partial charge in [0.25, 0.3) is 5.91 Å². The normalized spacial score (nSPS) is 23.6. The zero-order valence-electron chi connectivity index (χ0n) is 15.4. The van der Waals surface area contributed by atoms with Gasteiger partial charge in [0.2, 0.25) is 0 Å². The summed E-state index contributed by atoms with van der Waals surface area (Å²) in [6, 6.07) is 8.89. The Morgan fingerprint density at radius 3 is 3.00 bits per heavy atom. The van der Waals surface area contributed by atoms with Gasteiger partial charge in [0.15, 0.2) is 5.17 Å². The number of carbonyl (C=O) groups is 1. The van der Waals surface area contributed by atoms with Gasteiger partial charge in [0.05, 0.1) is 17.7 Å². The number of benzene rings is 1. The number of nitrogens with zero attached hydrogens (tertiary/aromatic N) is 2. The van der Waals surface area contributed by atoms with Crippen LogP contribution in [0.1, 0.15) is 35.3 Å². The molecule has 2 aliphatic rings. The van der Waals surface area contributed by atoms with Gasteiger partial charge in [-0.15, -0.1) is 0 Å². The Labute approximate surface area is 172 Å². The number of fused-ring (bicyclic) bond motifs is 1. The molecule has 8 heteroatoms. The lowest BCUT2D eigenvalue weighted by Crippen LogP contribution is -2.36. The number of halogens is 1. The number of nitrogens with one attached hydrogen (secondary N) is 1. The molecule has 2 aromatic rings. The zero-order chi connectivity index (χ0) is 19.7. The van der Waals surface area contributed by atoms with Crippen molar-refractivity contribution in [2.24, 2.45) is 16.6 Å². The molecule has 0 spiro atoms. The molecule has 1 aromatic carbocycles. The van der Waals surface area contributed by atoms with Gasteiger partial charge < -0.3 is 15.8 Å². The van der Waals surface area contributed by atoms with E-state index in [1.54, 1.807) is 31.0 Å². The molecule has 0 radical (unpaired) electrons. The van der Waals surface area contributed by atoms with Crippen LogP contribution in [-0.4, -0.2) is 28.9 Å². The number of anilines is 1. The van der Waals surface area contributed by atoms with E-state index < -0.39 is 0 Å². The number of ether oxygens (including phenoxy) is 1. The number of amides is 1. The fourth-order valence-corrected chi connectivity index (χ4v) is 5.24. The highest BCUT2D eigenvalue weighted by molar-refractivity contribution is 8.13. The molecular weight excluding hydrogens is 396 g/mol. The van der Waals surface area contributed by atoms with E-state index in [-0.39, 0.29) is 11.4 Å². The fourth-order valence-electron chi connectivity index (χ4n) is 4.09. The monoisotopic (exact) mass is 416 g/mol. The number of pyridine rings is 1. The van der Waals surface area contributed by atoms with Crippen LogP contribution in [0.3, 0.4) is 0 Å². The van der Waals surface area contributed by atoms with Crippen molar-refractivity contribution in [2.75, 3.05) is 18.2 Å². The number of nitrogens with two attached hydrogens (primary N) is 1. The molecule has 3 N–H and O–H groups in total. The molecule has 0 saturated heterocycles. The van der Waals surface area contributed by atoms with Crippen LogP contribution in [-0.2, 0) is 5.54 Å². The summed E-state index contributed by atoms with van der Waals surface area (Å²) in [7, 11) is 1.65. The summed E-state index contributed by atoms with van der Waals surface area (Å²) < 4.78 is 5.64. The highest BCUT2D eigenvalue weighted by Gasteiger charge is 2.48. The number of carbonyl (C=O) groups excluding carboxylic acids is 1. The Morgan fingerprint density at radius 2 is 2.25 bits per heavy atom. The first-order chi connectivity index (χ1) is 13.5. The average molecular weight is 417 g/mol. The van der Waals surface area contributed by atoms with Crippen LogP contribution in [0.4, 0.5) is 5.69 Å². The highest BCUT2D eigenvalue weighted by Crippen LogP contribution is 2.53. The van der Waals surface area contributed by atoms with Gasteiger partial charge in [-0.05, 0) is 49.1 Å². The number of hydrogen-bond donors (Lipinski definition) is 2. The van der Waals surface area contributed by atoms with Gasteiger partial charge in [-0.2, -0.15) is 0 Å². The lowest BCUT2D eigenvalue weighted by molar-refractivity contribution is 0.102. The number of aliphatic imine (C=N–C) groups is 1. The van der Waals surface area contributed by atoms with Crippen molar-refractivity contribution in [3.63, 3.8) is 0 Å². The summed E-state index contributed by atoms with van der Waals surface area (Å²) in [4.78, 5) is 21.5. The maximum absolute atomic E-state index is 12.5. The molecule has 1 aromatic heterocycles. The summed E-state index contributed by atoms with van der Waals surface area (Å²) in [5.74, 6) is 1.82. The standard InChI is InChI=1S/C20H21ClN4O2S/c1-27-17-7-5-14(24-18(26)16-6-4-13(21)10-23-16)9-15(17)20-8-2-3-12(20)11-28-19(22)25-20/h4-7,9-10,12H,2-3,8,11H2,1H3,(H2,22,25)(H,24,26). The molecule has 146 valence electrons. The number of amidine groups is 1. The predicted octanol–water partition coefficient (Wildman–Crippen LogP) is 4.05. The third kappa shape index (κ3) is 3.44. The average Bonchev–Trinajstić information content (AvgIpc) is 3.12. The molecule has 1 aliphatic heterocycles. The third-order valence-corrected chi connectivity index (χ3v) is 6.59. The van der Waals surface area contributed by atoms with Crippen LogP contribution in [0.2, 0.25) is 5.02 Å². The first-order valence-electron chi connectivity index (χ1n) is 9.11. The molecule has 1 aliphatic carbocycles. The van der Waals surface area contributed by atoms with Gasteiger partial charge >= 0.3 is 0 Å². The number of rotatable bonds is 4. The van der Waals surface area contributed by atoms with Crippen LogP contribution in [0.25, 0.3) is 0 Å². The van der Waals surface area contributed by atoms with E-state index in [0.29, 0.717) is 27.5 Å². The molecule has 1 fully saturated rings. The Morgan fingerprint density at radius 1 is 1.39 bits per heavy atom. The van der Waals surface area contributed by atoms with E-state index >= 15 is 0 Å². The lowest BCUT2D eigenvalue weighted by atomic mass is 9.81. The minimum atomic E-state index is -0.389. The molecule has 1 amide bonds.